The summed E-state index contributed by atoms with van der Waals surface area (Å²) in [7, 11) is 0. The van der Waals surface area contributed by atoms with Crippen molar-refractivity contribution >= 4 is 23.5 Å². The van der Waals surface area contributed by atoms with Gasteiger partial charge in [0.1, 0.15) is 5.38 Å². The maximum Gasteiger partial charge on any atom is 0.331 e. The number of carboxylic acid groups (broad SMARTS) is 2. The number of halogens is 1. The molecule has 0 rings (SSSR count). The van der Waals surface area contributed by atoms with Gasteiger partial charge in [0.15, 0.2) is 0 Å². The van der Waals surface area contributed by atoms with Crippen molar-refractivity contribution < 1.29 is 36.9 Å². The van der Waals surface area contributed by atoms with E-state index in [1.165, 1.54) is 6.92 Å². The Labute approximate surface area is 84.7 Å². The second-order valence-corrected chi connectivity index (χ2v) is 2.37. The van der Waals surface area contributed by atoms with Crippen LogP contribution in [0.3, 0.4) is 0 Å². The summed E-state index contributed by atoms with van der Waals surface area (Å²) >= 11 is 5.22. The quantitative estimate of drug-likeness (QED) is 0.434. The zero-order valence-electron chi connectivity index (χ0n) is 6.05. The Morgan fingerprint density at radius 2 is 1.83 bits per heavy atom. The van der Waals surface area contributed by atoms with Crippen LogP contribution in [-0.2, 0) is 26.7 Å². The van der Waals surface area contributed by atoms with Crippen LogP contribution in [0.2, 0.25) is 0 Å². The average Bonchev–Trinajstić information content (AvgIpc) is 1.87. The largest absolute Gasteiger partial charge is 0.480 e. The fourth-order valence-electron chi connectivity index (χ4n) is 0.362. The van der Waals surface area contributed by atoms with Gasteiger partial charge in [-0.25, -0.2) is 4.79 Å². The first kappa shape index (κ1) is 14.0. The smallest absolute Gasteiger partial charge is 0.331 e. The van der Waals surface area contributed by atoms with E-state index in [4.69, 9.17) is 21.8 Å². The summed E-state index contributed by atoms with van der Waals surface area (Å²) in [6.07, 6.45) is 0.965. The predicted octanol–water partition coefficient (Wildman–Crippen LogP) is 0.707. The fraction of sp³-hybridized carbons (Fsp3) is 0.333. The summed E-state index contributed by atoms with van der Waals surface area (Å²) in [5.41, 5.74) is -0.0765. The molecule has 0 aromatic heterocycles. The van der Waals surface area contributed by atoms with E-state index in [1.54, 1.807) is 0 Å². The first-order valence-electron chi connectivity index (χ1n) is 2.73. The molecule has 73 valence electrons. The van der Waals surface area contributed by atoms with Crippen LogP contribution >= 0.6 is 11.6 Å². The number of rotatable bonds is 3. The number of alkyl halides is 1. The van der Waals surface area contributed by atoms with Crippen molar-refractivity contribution in [2.45, 2.75) is 12.3 Å². The van der Waals surface area contributed by atoms with Crippen molar-refractivity contribution in [3.05, 3.63) is 11.6 Å². The van der Waals surface area contributed by atoms with Crippen LogP contribution in [0.25, 0.3) is 0 Å². The maximum atomic E-state index is 10.1. The first-order valence-corrected chi connectivity index (χ1v) is 3.17. The number of hydrogen-bond donors (Lipinski definition) is 2. The van der Waals surface area contributed by atoms with Crippen LogP contribution in [0.5, 0.6) is 0 Å². The molecular formula is C6H7ClCuO4. The second kappa shape index (κ2) is 6.06. The van der Waals surface area contributed by atoms with E-state index in [9.17, 15) is 9.59 Å². The van der Waals surface area contributed by atoms with Gasteiger partial charge in [-0.15, -0.1) is 11.6 Å². The van der Waals surface area contributed by atoms with Crippen LogP contribution in [0.15, 0.2) is 11.6 Å². The molecule has 0 aliphatic carbocycles. The minimum atomic E-state index is -1.27. The van der Waals surface area contributed by atoms with Gasteiger partial charge in [-0.2, -0.15) is 0 Å². The first-order chi connectivity index (χ1) is 4.95. The monoisotopic (exact) mass is 241 g/mol. The van der Waals surface area contributed by atoms with E-state index >= 15 is 0 Å². The Hall–Kier alpha value is -0.511. The zero-order chi connectivity index (χ0) is 9.02. The van der Waals surface area contributed by atoms with Gasteiger partial charge < -0.3 is 10.2 Å². The Bertz CT molecular complexity index is 214. The third-order valence-corrected chi connectivity index (χ3v) is 1.28. The molecule has 12 heavy (non-hydrogen) atoms. The van der Waals surface area contributed by atoms with Gasteiger partial charge in [-0.3, -0.25) is 4.79 Å². The van der Waals surface area contributed by atoms with Crippen molar-refractivity contribution in [3.63, 3.8) is 0 Å². The SMILES string of the molecule is CC(=CC(Cl)C(=O)O)C(=O)O.[Cu]. The fourth-order valence-corrected chi connectivity index (χ4v) is 0.551. The molecule has 4 nitrogen and oxygen atoms in total. The molecule has 0 bridgehead atoms. The van der Waals surface area contributed by atoms with E-state index in [1.807, 2.05) is 0 Å². The molecule has 1 atom stereocenters. The molecule has 6 heteroatoms. The van der Waals surface area contributed by atoms with Crippen molar-refractivity contribution in [1.29, 1.82) is 0 Å². The second-order valence-electron chi connectivity index (χ2n) is 1.89. The van der Waals surface area contributed by atoms with Gasteiger partial charge in [0, 0.05) is 22.6 Å². The van der Waals surface area contributed by atoms with Crippen molar-refractivity contribution in [1.82, 2.24) is 0 Å². The molecule has 0 fully saturated rings. The average molecular weight is 242 g/mol. The molecule has 1 unspecified atom stereocenters. The molecule has 0 heterocycles. The molecule has 0 aliphatic heterocycles. The maximum absolute atomic E-state index is 10.1. The minimum absolute atomic E-state index is 0. The van der Waals surface area contributed by atoms with Crippen LogP contribution in [0, 0.1) is 0 Å². The number of hydrogen-bond acceptors (Lipinski definition) is 2. The van der Waals surface area contributed by atoms with Crippen LogP contribution in [0.1, 0.15) is 6.92 Å². The number of carbonyl (C=O) groups is 2. The summed E-state index contributed by atoms with van der Waals surface area (Å²) in [6, 6.07) is 0. The molecule has 0 aromatic carbocycles. The molecule has 0 saturated carbocycles. The summed E-state index contributed by atoms with van der Waals surface area (Å²) in [6.45, 7) is 1.28. The van der Waals surface area contributed by atoms with E-state index < -0.39 is 17.3 Å². The van der Waals surface area contributed by atoms with Gasteiger partial charge in [0.25, 0.3) is 0 Å². The Morgan fingerprint density at radius 3 is 2.08 bits per heavy atom. The van der Waals surface area contributed by atoms with E-state index in [-0.39, 0.29) is 22.6 Å². The van der Waals surface area contributed by atoms with Crippen molar-refractivity contribution in [2.24, 2.45) is 0 Å². The van der Waals surface area contributed by atoms with Gasteiger partial charge in [-0.1, -0.05) is 0 Å². The van der Waals surface area contributed by atoms with E-state index in [2.05, 4.69) is 0 Å². The van der Waals surface area contributed by atoms with Gasteiger partial charge in [0.05, 0.1) is 0 Å². The van der Waals surface area contributed by atoms with E-state index in [0.29, 0.717) is 0 Å². The third-order valence-electron chi connectivity index (χ3n) is 0.970. The number of carboxylic acids is 2. The molecular weight excluding hydrogens is 235 g/mol. The van der Waals surface area contributed by atoms with Gasteiger partial charge in [-0.05, 0) is 13.0 Å². The standard InChI is InChI=1S/C6H7ClO4.Cu/c1-3(5(8)9)2-4(7)6(10)11;/h2,4H,1H3,(H,8,9)(H,10,11);. The minimum Gasteiger partial charge on any atom is -0.480 e. The zero-order valence-corrected chi connectivity index (χ0v) is 7.74. The Kier molecular flexibility index (Phi) is 7.08. The van der Waals surface area contributed by atoms with Crippen molar-refractivity contribution in [2.75, 3.05) is 0 Å². The predicted molar refractivity (Wildman–Crippen MR) is 38.7 cm³/mol. The Morgan fingerprint density at radius 1 is 1.42 bits per heavy atom. The van der Waals surface area contributed by atoms with Crippen LogP contribution in [0.4, 0.5) is 0 Å². The summed E-state index contributed by atoms with van der Waals surface area (Å²) in [4.78, 5) is 20.2. The van der Waals surface area contributed by atoms with Crippen LogP contribution in [-0.4, -0.2) is 27.5 Å². The summed E-state index contributed by atoms with van der Waals surface area (Å²) in [5, 5.41) is 15.3. The molecule has 1 radical (unpaired) electrons. The number of aliphatic carboxylic acids is 2. The van der Waals surface area contributed by atoms with Gasteiger partial charge >= 0.3 is 11.9 Å². The summed E-state index contributed by atoms with van der Waals surface area (Å²) in [5.74, 6) is -2.43. The molecule has 0 amide bonds. The summed E-state index contributed by atoms with van der Waals surface area (Å²) < 4.78 is 0. The molecule has 0 saturated heterocycles. The van der Waals surface area contributed by atoms with Gasteiger partial charge in [0.2, 0.25) is 0 Å². The normalized spacial score (nSPS) is 13.0. The third kappa shape index (κ3) is 5.18. The molecule has 0 aliphatic rings. The Balaban J connectivity index is 0. The van der Waals surface area contributed by atoms with Crippen LogP contribution < -0.4 is 0 Å². The molecule has 2 N–H and O–H groups in total. The van der Waals surface area contributed by atoms with E-state index in [0.717, 1.165) is 6.08 Å². The topological polar surface area (TPSA) is 74.6 Å². The molecule has 0 aromatic rings. The van der Waals surface area contributed by atoms with Crippen molar-refractivity contribution in [3.8, 4) is 0 Å². The molecule has 0 spiro atoms.